The summed E-state index contributed by atoms with van der Waals surface area (Å²) in [5.41, 5.74) is 1.31. The van der Waals surface area contributed by atoms with Gasteiger partial charge in [-0.1, -0.05) is 24.3 Å². The normalized spacial score (nSPS) is 15.9. The van der Waals surface area contributed by atoms with Gasteiger partial charge in [0.25, 0.3) is 23.6 Å². The van der Waals surface area contributed by atoms with Crippen LogP contribution in [0.3, 0.4) is 0 Å². The van der Waals surface area contributed by atoms with E-state index in [1.807, 2.05) is 0 Å². The predicted molar refractivity (Wildman–Crippen MR) is 108 cm³/mol. The largest absolute Gasteiger partial charge is 0.469 e. The first-order chi connectivity index (χ1) is 14.9. The summed E-state index contributed by atoms with van der Waals surface area (Å²) in [6.45, 7) is 0.118. The molecule has 8 nitrogen and oxygen atoms in total. The van der Waals surface area contributed by atoms with Crippen LogP contribution in [0, 0.1) is 0 Å². The van der Waals surface area contributed by atoms with Gasteiger partial charge in [0.2, 0.25) is 0 Å². The highest BCUT2D eigenvalue weighted by atomic mass is 16.5. The van der Waals surface area contributed by atoms with E-state index in [2.05, 4.69) is 0 Å². The number of amides is 4. The van der Waals surface area contributed by atoms with Crippen molar-refractivity contribution in [1.29, 1.82) is 0 Å². The Morgan fingerprint density at radius 1 is 0.806 bits per heavy atom. The van der Waals surface area contributed by atoms with Gasteiger partial charge in [-0.3, -0.25) is 33.8 Å². The first kappa shape index (κ1) is 20.5. The Labute approximate surface area is 178 Å². The SMILES string of the molecule is COC(=O)CC(CCCN1C(=O)c2ccccc2C1=O)N1C(=O)c2ccccc2C1=O. The van der Waals surface area contributed by atoms with Gasteiger partial charge in [0.05, 0.1) is 41.8 Å². The van der Waals surface area contributed by atoms with Crippen molar-refractivity contribution < 1.29 is 28.7 Å². The number of hydrogen-bond acceptors (Lipinski definition) is 6. The Morgan fingerprint density at radius 3 is 1.71 bits per heavy atom. The van der Waals surface area contributed by atoms with Gasteiger partial charge in [-0.2, -0.15) is 0 Å². The van der Waals surface area contributed by atoms with Crippen molar-refractivity contribution in [1.82, 2.24) is 9.80 Å². The van der Waals surface area contributed by atoms with Crippen LogP contribution in [0.2, 0.25) is 0 Å². The van der Waals surface area contributed by atoms with Crippen molar-refractivity contribution in [3.63, 3.8) is 0 Å². The number of carbonyl (C=O) groups excluding carboxylic acids is 5. The number of rotatable bonds is 7. The molecule has 31 heavy (non-hydrogen) atoms. The second kappa shape index (κ2) is 8.14. The maximum atomic E-state index is 12.8. The molecular weight excluding hydrogens is 400 g/mol. The van der Waals surface area contributed by atoms with E-state index < -0.39 is 23.8 Å². The fraction of sp³-hybridized carbons (Fsp3) is 0.261. The van der Waals surface area contributed by atoms with Gasteiger partial charge in [0.15, 0.2) is 0 Å². The van der Waals surface area contributed by atoms with Gasteiger partial charge in [0.1, 0.15) is 0 Å². The highest BCUT2D eigenvalue weighted by molar-refractivity contribution is 6.22. The van der Waals surface area contributed by atoms with E-state index in [1.165, 1.54) is 7.11 Å². The highest BCUT2D eigenvalue weighted by Crippen LogP contribution is 2.28. The standard InChI is InChI=1S/C23H20N2O6/c1-31-19(26)13-14(25-22(29)17-10-4-5-11-18(17)23(25)30)7-6-12-24-20(27)15-8-2-3-9-16(15)21(24)28/h2-5,8-11,14H,6-7,12-13H2,1H3. The molecule has 0 saturated carbocycles. The van der Waals surface area contributed by atoms with Crippen LogP contribution in [0.1, 0.15) is 60.7 Å². The van der Waals surface area contributed by atoms with Crippen LogP contribution in [0.25, 0.3) is 0 Å². The van der Waals surface area contributed by atoms with Crippen molar-refractivity contribution in [2.75, 3.05) is 13.7 Å². The van der Waals surface area contributed by atoms with Crippen LogP contribution in [0.4, 0.5) is 0 Å². The predicted octanol–water partition coefficient (Wildman–Crippen LogP) is 2.29. The summed E-state index contributed by atoms with van der Waals surface area (Å²) in [4.78, 5) is 64.9. The van der Waals surface area contributed by atoms with Gasteiger partial charge in [-0.25, -0.2) is 0 Å². The molecule has 4 amide bonds. The monoisotopic (exact) mass is 420 g/mol. The van der Waals surface area contributed by atoms with Crippen LogP contribution in [0.15, 0.2) is 48.5 Å². The van der Waals surface area contributed by atoms with Crippen LogP contribution in [0.5, 0.6) is 0 Å². The van der Waals surface area contributed by atoms with E-state index in [9.17, 15) is 24.0 Å². The van der Waals surface area contributed by atoms with Crippen LogP contribution < -0.4 is 0 Å². The van der Waals surface area contributed by atoms with E-state index in [0.717, 1.165) is 9.80 Å². The zero-order valence-corrected chi connectivity index (χ0v) is 16.9. The van der Waals surface area contributed by atoms with Crippen LogP contribution >= 0.6 is 0 Å². The molecule has 2 aromatic carbocycles. The summed E-state index contributed by atoms with van der Waals surface area (Å²) in [6, 6.07) is 12.4. The summed E-state index contributed by atoms with van der Waals surface area (Å²) >= 11 is 0. The van der Waals surface area contributed by atoms with Crippen molar-refractivity contribution in [3.8, 4) is 0 Å². The minimum atomic E-state index is -0.741. The zero-order chi connectivity index (χ0) is 22.1. The first-order valence-electron chi connectivity index (χ1n) is 9.93. The van der Waals surface area contributed by atoms with Crippen LogP contribution in [-0.4, -0.2) is 59.1 Å². The van der Waals surface area contributed by atoms with E-state index in [1.54, 1.807) is 48.5 Å². The summed E-state index contributed by atoms with van der Waals surface area (Å²) in [7, 11) is 1.24. The van der Waals surface area contributed by atoms with E-state index in [-0.39, 0.29) is 31.2 Å². The average Bonchev–Trinajstić information content (AvgIpc) is 3.18. The lowest BCUT2D eigenvalue weighted by Gasteiger charge is -2.26. The van der Waals surface area contributed by atoms with Crippen LogP contribution in [-0.2, 0) is 9.53 Å². The number of benzene rings is 2. The number of imide groups is 2. The quantitative estimate of drug-likeness (QED) is 0.503. The molecule has 8 heteroatoms. The minimum absolute atomic E-state index is 0.118. The molecule has 0 bridgehead atoms. The molecule has 0 aliphatic carbocycles. The second-order valence-corrected chi connectivity index (χ2v) is 7.41. The van der Waals surface area contributed by atoms with Gasteiger partial charge in [0, 0.05) is 6.54 Å². The smallest absolute Gasteiger partial charge is 0.307 e. The number of fused-ring (bicyclic) bond motifs is 2. The zero-order valence-electron chi connectivity index (χ0n) is 16.9. The molecule has 2 heterocycles. The lowest BCUT2D eigenvalue weighted by Crippen LogP contribution is -2.42. The molecule has 0 fully saturated rings. The summed E-state index contributed by atoms with van der Waals surface area (Å²) in [5, 5.41) is 0. The summed E-state index contributed by atoms with van der Waals surface area (Å²) in [6.07, 6.45) is 0.401. The molecule has 0 N–H and O–H groups in total. The fourth-order valence-electron chi connectivity index (χ4n) is 4.06. The molecular formula is C23H20N2O6. The minimum Gasteiger partial charge on any atom is -0.469 e. The van der Waals surface area contributed by atoms with Crippen molar-refractivity contribution in [2.24, 2.45) is 0 Å². The van der Waals surface area contributed by atoms with E-state index in [4.69, 9.17) is 4.74 Å². The summed E-state index contributed by atoms with van der Waals surface area (Å²) < 4.78 is 4.74. The van der Waals surface area contributed by atoms with Gasteiger partial charge in [-0.15, -0.1) is 0 Å². The number of carbonyl (C=O) groups is 5. The third kappa shape index (κ3) is 3.50. The first-order valence-corrected chi connectivity index (χ1v) is 9.93. The molecule has 1 unspecified atom stereocenters. The Morgan fingerprint density at radius 2 is 1.26 bits per heavy atom. The Kier molecular flexibility index (Phi) is 5.37. The van der Waals surface area contributed by atoms with Gasteiger partial charge >= 0.3 is 5.97 Å². The molecule has 0 spiro atoms. The highest BCUT2D eigenvalue weighted by Gasteiger charge is 2.41. The Balaban J connectivity index is 1.48. The lowest BCUT2D eigenvalue weighted by atomic mass is 10.1. The molecule has 0 radical (unpaired) electrons. The van der Waals surface area contributed by atoms with E-state index >= 15 is 0 Å². The molecule has 0 aromatic heterocycles. The Bertz CT molecular complexity index is 1040. The lowest BCUT2D eigenvalue weighted by molar-refractivity contribution is -0.141. The third-order valence-electron chi connectivity index (χ3n) is 5.62. The maximum absolute atomic E-state index is 12.8. The maximum Gasteiger partial charge on any atom is 0.307 e. The van der Waals surface area contributed by atoms with Gasteiger partial charge in [-0.05, 0) is 37.1 Å². The molecule has 4 rings (SSSR count). The van der Waals surface area contributed by atoms with Gasteiger partial charge < -0.3 is 4.74 Å². The number of hydrogen-bond donors (Lipinski definition) is 0. The average molecular weight is 420 g/mol. The number of nitrogens with zero attached hydrogens (tertiary/aromatic N) is 2. The molecule has 2 aliphatic heterocycles. The van der Waals surface area contributed by atoms with Crippen molar-refractivity contribution in [2.45, 2.75) is 25.3 Å². The van der Waals surface area contributed by atoms with E-state index in [0.29, 0.717) is 28.7 Å². The van der Waals surface area contributed by atoms with Crippen molar-refractivity contribution >= 4 is 29.6 Å². The third-order valence-corrected chi connectivity index (χ3v) is 5.62. The molecule has 2 aromatic rings. The molecule has 158 valence electrons. The molecule has 2 aliphatic rings. The number of methoxy groups -OCH3 is 1. The molecule has 1 atom stereocenters. The van der Waals surface area contributed by atoms with Crippen molar-refractivity contribution in [3.05, 3.63) is 70.8 Å². The fourth-order valence-corrected chi connectivity index (χ4v) is 4.06. The molecule has 0 saturated heterocycles. The number of esters is 1. The second-order valence-electron chi connectivity index (χ2n) is 7.41. The summed E-state index contributed by atoms with van der Waals surface area (Å²) in [5.74, 6) is -2.22. The number of ether oxygens (including phenoxy) is 1. The Hall–Kier alpha value is -3.81. The topological polar surface area (TPSA) is 101 Å².